The maximum absolute atomic E-state index is 14.0. The summed E-state index contributed by atoms with van der Waals surface area (Å²) in [7, 11) is 0. The number of ketones is 1. The van der Waals surface area contributed by atoms with Crippen LogP contribution < -0.4 is 0 Å². The van der Waals surface area contributed by atoms with Crippen molar-refractivity contribution in [3.8, 4) is 0 Å². The average Bonchev–Trinajstić information content (AvgIpc) is 2.70. The smallest absolute Gasteiger partial charge is 0.139 e. The molecule has 182 valence electrons. The molecule has 5 rings (SSSR count). The Morgan fingerprint density at radius 2 is 1.47 bits per heavy atom. The number of aliphatic hydroxyl groups excluding tert-OH is 1. The van der Waals surface area contributed by atoms with Crippen molar-refractivity contribution in [2.75, 3.05) is 0 Å². The summed E-state index contributed by atoms with van der Waals surface area (Å²) in [4.78, 5) is 14.0. The minimum atomic E-state index is -0.168. The molecule has 0 aromatic rings. The molecule has 11 atom stereocenters. The SMILES string of the molecule is CC1CCC2(C)C(=O)CC3(C)C(CCC4C5(C)CCC(O)C(C)(C)C5CCC43C)C2C1C. The summed E-state index contributed by atoms with van der Waals surface area (Å²) in [6.07, 6.45) is 10.2. The number of hydrogen-bond acceptors (Lipinski definition) is 2. The predicted molar refractivity (Wildman–Crippen MR) is 131 cm³/mol. The van der Waals surface area contributed by atoms with E-state index >= 15 is 0 Å². The quantitative estimate of drug-likeness (QED) is 0.428. The summed E-state index contributed by atoms with van der Waals surface area (Å²) in [5, 5.41) is 10.9. The fraction of sp³-hybridized carbons (Fsp3) is 0.967. The molecular formula is C30H50O2. The van der Waals surface area contributed by atoms with Crippen molar-refractivity contribution in [2.45, 2.75) is 119 Å². The normalized spacial score (nSPS) is 59.4. The van der Waals surface area contributed by atoms with Gasteiger partial charge in [-0.1, -0.05) is 55.4 Å². The van der Waals surface area contributed by atoms with Crippen LogP contribution in [0.2, 0.25) is 0 Å². The zero-order valence-corrected chi connectivity index (χ0v) is 22.3. The van der Waals surface area contributed by atoms with Gasteiger partial charge >= 0.3 is 0 Å². The molecule has 0 bridgehead atoms. The lowest BCUT2D eigenvalue weighted by atomic mass is 9.31. The van der Waals surface area contributed by atoms with Gasteiger partial charge in [-0.3, -0.25) is 4.79 Å². The number of carbonyl (C=O) groups excluding carboxylic acids is 1. The summed E-state index contributed by atoms with van der Waals surface area (Å²) in [6, 6.07) is 0. The van der Waals surface area contributed by atoms with Gasteiger partial charge in [-0.15, -0.1) is 0 Å². The Kier molecular flexibility index (Phi) is 5.01. The van der Waals surface area contributed by atoms with Crippen LogP contribution in [-0.2, 0) is 4.79 Å². The van der Waals surface area contributed by atoms with Crippen molar-refractivity contribution in [1.82, 2.24) is 0 Å². The van der Waals surface area contributed by atoms with Gasteiger partial charge in [0, 0.05) is 11.8 Å². The van der Waals surface area contributed by atoms with Crippen molar-refractivity contribution in [3.05, 3.63) is 0 Å². The molecule has 0 aromatic heterocycles. The van der Waals surface area contributed by atoms with E-state index in [2.05, 4.69) is 55.4 Å². The van der Waals surface area contributed by atoms with Crippen molar-refractivity contribution >= 4 is 5.78 Å². The van der Waals surface area contributed by atoms with Gasteiger partial charge in [-0.05, 0) is 109 Å². The van der Waals surface area contributed by atoms with E-state index in [0.29, 0.717) is 40.8 Å². The van der Waals surface area contributed by atoms with Crippen LogP contribution in [0, 0.1) is 62.6 Å². The van der Waals surface area contributed by atoms with Crippen molar-refractivity contribution in [3.63, 3.8) is 0 Å². The Labute approximate surface area is 197 Å². The molecule has 5 aliphatic rings. The number of fused-ring (bicyclic) bond motifs is 7. The second-order valence-corrected chi connectivity index (χ2v) is 15.0. The van der Waals surface area contributed by atoms with E-state index in [1.54, 1.807) is 0 Å². The molecule has 0 heterocycles. The number of rotatable bonds is 0. The molecule has 0 amide bonds. The van der Waals surface area contributed by atoms with Gasteiger partial charge < -0.3 is 5.11 Å². The molecule has 11 unspecified atom stereocenters. The molecule has 0 aliphatic heterocycles. The molecule has 0 saturated heterocycles. The van der Waals surface area contributed by atoms with E-state index in [-0.39, 0.29) is 27.8 Å². The Balaban J connectivity index is 1.57. The number of Topliss-reactive ketones (excluding diaryl/α,β-unsaturated/α-hetero) is 1. The summed E-state index contributed by atoms with van der Waals surface area (Å²) in [6.45, 7) is 19.7. The Morgan fingerprint density at radius 1 is 0.781 bits per heavy atom. The standard InChI is InChI=1S/C30H50O2/c1-18-11-14-28(6)24(32)17-30(8)20(25(28)19(18)2)9-10-22-27(5)15-13-23(31)26(3,4)21(27)12-16-29(22,30)7/h18-23,25,31H,9-17H2,1-8H3. The third-order valence-corrected chi connectivity index (χ3v) is 13.8. The lowest BCUT2D eigenvalue weighted by molar-refractivity contribution is -0.249. The highest BCUT2D eigenvalue weighted by molar-refractivity contribution is 5.87. The zero-order valence-electron chi connectivity index (χ0n) is 22.3. The summed E-state index contributed by atoms with van der Waals surface area (Å²) < 4.78 is 0. The lowest BCUT2D eigenvalue weighted by Crippen LogP contribution is -2.68. The lowest BCUT2D eigenvalue weighted by Gasteiger charge is -2.73. The predicted octanol–water partition coefficient (Wildman–Crippen LogP) is 7.28. The molecule has 5 saturated carbocycles. The van der Waals surface area contributed by atoms with Gasteiger partial charge in [0.25, 0.3) is 0 Å². The first-order valence-electron chi connectivity index (χ1n) is 13.9. The van der Waals surface area contributed by atoms with Crippen LogP contribution in [0.5, 0.6) is 0 Å². The van der Waals surface area contributed by atoms with Crippen molar-refractivity contribution < 1.29 is 9.90 Å². The van der Waals surface area contributed by atoms with Crippen LogP contribution in [0.3, 0.4) is 0 Å². The third-order valence-electron chi connectivity index (χ3n) is 13.8. The first-order valence-corrected chi connectivity index (χ1v) is 13.9. The number of hydrogen-bond donors (Lipinski definition) is 1. The fourth-order valence-corrected chi connectivity index (χ4v) is 11.4. The van der Waals surface area contributed by atoms with Crippen LogP contribution >= 0.6 is 0 Å². The molecule has 5 aliphatic carbocycles. The van der Waals surface area contributed by atoms with Crippen LogP contribution in [0.15, 0.2) is 0 Å². The van der Waals surface area contributed by atoms with Crippen molar-refractivity contribution in [2.24, 2.45) is 62.6 Å². The van der Waals surface area contributed by atoms with Gasteiger partial charge in [0.05, 0.1) is 6.10 Å². The molecule has 0 radical (unpaired) electrons. The first kappa shape index (κ1) is 23.4. The van der Waals surface area contributed by atoms with Crippen LogP contribution in [-0.4, -0.2) is 17.0 Å². The van der Waals surface area contributed by atoms with Gasteiger partial charge in [0.15, 0.2) is 0 Å². The molecule has 32 heavy (non-hydrogen) atoms. The minimum absolute atomic E-state index is 0.000353. The van der Waals surface area contributed by atoms with Crippen molar-refractivity contribution in [1.29, 1.82) is 0 Å². The van der Waals surface area contributed by atoms with Crippen LogP contribution in [0.1, 0.15) is 113 Å². The van der Waals surface area contributed by atoms with E-state index in [4.69, 9.17) is 0 Å². The van der Waals surface area contributed by atoms with Crippen LogP contribution in [0.4, 0.5) is 0 Å². The highest BCUT2D eigenvalue weighted by Gasteiger charge is 2.71. The third kappa shape index (κ3) is 2.60. The van der Waals surface area contributed by atoms with E-state index in [0.717, 1.165) is 31.6 Å². The highest BCUT2D eigenvalue weighted by Crippen LogP contribution is 2.76. The number of aliphatic hydroxyl groups is 1. The monoisotopic (exact) mass is 442 g/mol. The highest BCUT2D eigenvalue weighted by atomic mass is 16.3. The largest absolute Gasteiger partial charge is 0.393 e. The molecular weight excluding hydrogens is 392 g/mol. The summed E-state index contributed by atoms with van der Waals surface area (Å²) in [5.41, 5.74) is 0.560. The van der Waals surface area contributed by atoms with Gasteiger partial charge in [0.1, 0.15) is 5.78 Å². The minimum Gasteiger partial charge on any atom is -0.393 e. The number of carbonyl (C=O) groups is 1. The summed E-state index contributed by atoms with van der Waals surface area (Å²) >= 11 is 0. The molecule has 5 fully saturated rings. The second-order valence-electron chi connectivity index (χ2n) is 15.0. The van der Waals surface area contributed by atoms with E-state index < -0.39 is 0 Å². The van der Waals surface area contributed by atoms with Gasteiger partial charge in [-0.2, -0.15) is 0 Å². The average molecular weight is 443 g/mol. The first-order chi connectivity index (χ1) is 14.7. The fourth-order valence-electron chi connectivity index (χ4n) is 11.4. The Morgan fingerprint density at radius 3 is 2.16 bits per heavy atom. The molecule has 2 nitrogen and oxygen atoms in total. The maximum Gasteiger partial charge on any atom is 0.139 e. The van der Waals surface area contributed by atoms with Gasteiger partial charge in [-0.25, -0.2) is 0 Å². The second kappa shape index (κ2) is 6.86. The van der Waals surface area contributed by atoms with Crippen LogP contribution in [0.25, 0.3) is 0 Å². The topological polar surface area (TPSA) is 37.3 Å². The van der Waals surface area contributed by atoms with E-state index in [1.165, 1.54) is 32.1 Å². The zero-order chi connectivity index (χ0) is 23.5. The molecule has 0 spiro atoms. The maximum atomic E-state index is 14.0. The molecule has 1 N–H and O–H groups in total. The Hall–Kier alpha value is -0.370. The molecule has 0 aromatic carbocycles. The summed E-state index contributed by atoms with van der Waals surface area (Å²) in [5.74, 6) is 4.50. The molecule has 2 heteroatoms. The van der Waals surface area contributed by atoms with E-state index in [1.807, 2.05) is 0 Å². The Bertz CT molecular complexity index is 801. The van der Waals surface area contributed by atoms with Gasteiger partial charge in [0.2, 0.25) is 0 Å². The van der Waals surface area contributed by atoms with E-state index in [9.17, 15) is 9.90 Å².